The van der Waals surface area contributed by atoms with Crippen molar-refractivity contribution in [3.8, 4) is 0 Å². The maximum absolute atomic E-state index is 6.38. The van der Waals surface area contributed by atoms with Crippen LogP contribution in [0.5, 0.6) is 0 Å². The summed E-state index contributed by atoms with van der Waals surface area (Å²) in [6.07, 6.45) is 0.762. The quantitative estimate of drug-likeness (QED) is 0.932. The van der Waals surface area contributed by atoms with Gasteiger partial charge in [-0.3, -0.25) is 9.67 Å². The van der Waals surface area contributed by atoms with Crippen LogP contribution in [0.4, 0.5) is 0 Å². The smallest absolute Gasteiger partial charge is 0.0738 e. The fourth-order valence-corrected chi connectivity index (χ4v) is 2.92. The molecular formula is C15H21BrN4. The molecule has 2 N–H and O–H groups in total. The number of hydrogen-bond acceptors (Lipinski definition) is 3. The summed E-state index contributed by atoms with van der Waals surface area (Å²) in [7, 11) is 0. The monoisotopic (exact) mass is 336 g/mol. The second kappa shape index (κ2) is 6.06. The molecule has 5 heteroatoms. The highest BCUT2D eigenvalue weighted by molar-refractivity contribution is 9.10. The van der Waals surface area contributed by atoms with Crippen molar-refractivity contribution in [3.63, 3.8) is 0 Å². The molecule has 2 heterocycles. The summed E-state index contributed by atoms with van der Waals surface area (Å²) < 4.78 is 3.08. The molecule has 0 aliphatic heterocycles. The van der Waals surface area contributed by atoms with E-state index in [1.54, 1.807) is 0 Å². The first-order valence-corrected chi connectivity index (χ1v) is 7.64. The molecule has 2 rings (SSSR count). The van der Waals surface area contributed by atoms with Gasteiger partial charge < -0.3 is 5.73 Å². The van der Waals surface area contributed by atoms with E-state index in [-0.39, 0.29) is 6.04 Å². The van der Waals surface area contributed by atoms with Crippen LogP contribution in [-0.4, -0.2) is 14.8 Å². The minimum absolute atomic E-state index is 0.0481. The van der Waals surface area contributed by atoms with Crippen molar-refractivity contribution in [2.45, 2.75) is 46.7 Å². The van der Waals surface area contributed by atoms with Gasteiger partial charge >= 0.3 is 0 Å². The predicted molar refractivity (Wildman–Crippen MR) is 84.7 cm³/mol. The minimum Gasteiger partial charge on any atom is -0.324 e. The van der Waals surface area contributed by atoms with Gasteiger partial charge in [-0.1, -0.05) is 0 Å². The normalized spacial score (nSPS) is 12.7. The third-order valence-electron chi connectivity index (χ3n) is 3.40. The molecule has 1 unspecified atom stereocenters. The molecule has 0 aliphatic carbocycles. The Kier molecular flexibility index (Phi) is 4.60. The van der Waals surface area contributed by atoms with Crippen molar-refractivity contribution in [1.29, 1.82) is 0 Å². The van der Waals surface area contributed by atoms with E-state index in [0.717, 1.165) is 45.8 Å². The molecule has 2 aromatic rings. The van der Waals surface area contributed by atoms with Gasteiger partial charge in [0.05, 0.1) is 15.9 Å². The molecule has 20 heavy (non-hydrogen) atoms. The molecule has 108 valence electrons. The first kappa shape index (κ1) is 15.2. The van der Waals surface area contributed by atoms with E-state index >= 15 is 0 Å². The molecule has 0 saturated carbocycles. The molecule has 0 aromatic carbocycles. The van der Waals surface area contributed by atoms with E-state index in [2.05, 4.69) is 45.1 Å². The number of halogens is 1. The van der Waals surface area contributed by atoms with Crippen LogP contribution in [0.1, 0.15) is 41.3 Å². The topological polar surface area (TPSA) is 56.7 Å². The summed E-state index contributed by atoms with van der Waals surface area (Å²) in [5.74, 6) is 0. The second-order valence-electron chi connectivity index (χ2n) is 5.16. The van der Waals surface area contributed by atoms with Crippen LogP contribution in [0.25, 0.3) is 0 Å². The first-order chi connectivity index (χ1) is 9.42. The minimum atomic E-state index is -0.0481. The number of aromatic nitrogens is 3. The Morgan fingerprint density at radius 1 is 1.25 bits per heavy atom. The van der Waals surface area contributed by atoms with Crippen LogP contribution >= 0.6 is 15.9 Å². The molecule has 4 nitrogen and oxygen atoms in total. The van der Waals surface area contributed by atoms with Gasteiger partial charge in [0.25, 0.3) is 0 Å². The number of nitrogens with zero attached hydrogens (tertiary/aromatic N) is 3. The number of nitrogens with two attached hydrogens (primary N) is 1. The number of aryl methyl sites for hydroxylation is 4. The molecule has 2 aromatic heterocycles. The van der Waals surface area contributed by atoms with Crippen LogP contribution in [0, 0.1) is 20.8 Å². The summed E-state index contributed by atoms with van der Waals surface area (Å²) in [4.78, 5) is 4.40. The van der Waals surface area contributed by atoms with Gasteiger partial charge in [0.1, 0.15) is 0 Å². The predicted octanol–water partition coefficient (Wildman–Crippen LogP) is 3.23. The molecule has 0 radical (unpaired) electrons. The molecule has 0 saturated heterocycles. The Morgan fingerprint density at radius 3 is 2.40 bits per heavy atom. The summed E-state index contributed by atoms with van der Waals surface area (Å²) in [6, 6.07) is 4.07. The lowest BCUT2D eigenvalue weighted by atomic mass is 10.0. The Morgan fingerprint density at radius 2 is 1.85 bits per heavy atom. The maximum Gasteiger partial charge on any atom is 0.0738 e. The highest BCUT2D eigenvalue weighted by atomic mass is 79.9. The zero-order valence-electron chi connectivity index (χ0n) is 12.4. The van der Waals surface area contributed by atoms with Crippen LogP contribution in [-0.2, 0) is 13.0 Å². The number of rotatable bonds is 4. The Bertz CT molecular complexity index is 598. The highest BCUT2D eigenvalue weighted by Crippen LogP contribution is 2.26. The average molecular weight is 337 g/mol. The van der Waals surface area contributed by atoms with E-state index in [4.69, 9.17) is 5.73 Å². The molecule has 0 aliphatic rings. The number of pyridine rings is 1. The fraction of sp³-hybridized carbons (Fsp3) is 0.467. The zero-order chi connectivity index (χ0) is 14.9. The Labute approximate surface area is 128 Å². The third kappa shape index (κ3) is 3.10. The van der Waals surface area contributed by atoms with Gasteiger partial charge in [-0.25, -0.2) is 0 Å². The number of hydrogen-bond donors (Lipinski definition) is 1. The molecule has 0 spiro atoms. The van der Waals surface area contributed by atoms with E-state index in [9.17, 15) is 0 Å². The Hall–Kier alpha value is -1.20. The van der Waals surface area contributed by atoms with E-state index < -0.39 is 0 Å². The molecule has 1 atom stereocenters. The van der Waals surface area contributed by atoms with Crippen LogP contribution < -0.4 is 5.73 Å². The molecule has 0 bridgehead atoms. The maximum atomic E-state index is 6.38. The summed E-state index contributed by atoms with van der Waals surface area (Å²) in [5.41, 5.74) is 11.7. The highest BCUT2D eigenvalue weighted by Gasteiger charge is 2.17. The lowest BCUT2D eigenvalue weighted by Gasteiger charge is -2.14. The molecular weight excluding hydrogens is 316 g/mol. The van der Waals surface area contributed by atoms with Gasteiger partial charge in [0, 0.05) is 30.4 Å². The van der Waals surface area contributed by atoms with Gasteiger partial charge in [-0.05, 0) is 61.3 Å². The van der Waals surface area contributed by atoms with E-state index in [1.165, 1.54) is 0 Å². The SMILES string of the molecule is CCn1nc(C)c(Br)c1CC(N)c1cc(C)nc(C)c1. The van der Waals surface area contributed by atoms with E-state index in [1.807, 2.05) is 25.5 Å². The lowest BCUT2D eigenvalue weighted by molar-refractivity contribution is 0.586. The average Bonchev–Trinajstić information content (AvgIpc) is 2.65. The van der Waals surface area contributed by atoms with Crippen molar-refractivity contribution in [2.24, 2.45) is 5.73 Å². The van der Waals surface area contributed by atoms with Crippen molar-refractivity contribution in [3.05, 3.63) is 44.9 Å². The largest absolute Gasteiger partial charge is 0.324 e. The Balaban J connectivity index is 2.29. The van der Waals surface area contributed by atoms with Crippen molar-refractivity contribution in [1.82, 2.24) is 14.8 Å². The zero-order valence-corrected chi connectivity index (χ0v) is 14.0. The van der Waals surface area contributed by atoms with Crippen molar-refractivity contribution in [2.75, 3.05) is 0 Å². The van der Waals surface area contributed by atoms with Crippen LogP contribution in [0.2, 0.25) is 0 Å². The second-order valence-corrected chi connectivity index (χ2v) is 5.95. The lowest BCUT2D eigenvalue weighted by Crippen LogP contribution is -2.17. The van der Waals surface area contributed by atoms with E-state index in [0.29, 0.717) is 0 Å². The van der Waals surface area contributed by atoms with Crippen LogP contribution in [0.3, 0.4) is 0 Å². The van der Waals surface area contributed by atoms with Gasteiger partial charge in [-0.15, -0.1) is 0 Å². The fourth-order valence-electron chi connectivity index (χ4n) is 2.47. The summed E-state index contributed by atoms with van der Waals surface area (Å²) in [5, 5.41) is 4.51. The summed E-state index contributed by atoms with van der Waals surface area (Å²) >= 11 is 3.62. The van der Waals surface area contributed by atoms with Gasteiger partial charge in [0.15, 0.2) is 0 Å². The third-order valence-corrected chi connectivity index (χ3v) is 4.43. The molecule has 0 fully saturated rings. The summed E-state index contributed by atoms with van der Waals surface area (Å²) in [6.45, 7) is 8.95. The van der Waals surface area contributed by atoms with Crippen molar-refractivity contribution < 1.29 is 0 Å². The van der Waals surface area contributed by atoms with Gasteiger partial charge in [-0.2, -0.15) is 5.10 Å². The van der Waals surface area contributed by atoms with Gasteiger partial charge in [0.2, 0.25) is 0 Å². The van der Waals surface area contributed by atoms with Crippen molar-refractivity contribution >= 4 is 15.9 Å². The molecule has 0 amide bonds. The standard InChI is InChI=1S/C15H21BrN4/c1-5-20-14(15(16)11(4)19-20)8-13(17)12-6-9(2)18-10(3)7-12/h6-7,13H,5,8,17H2,1-4H3. The van der Waals surface area contributed by atoms with Crippen LogP contribution in [0.15, 0.2) is 16.6 Å². The first-order valence-electron chi connectivity index (χ1n) is 6.85.